The summed E-state index contributed by atoms with van der Waals surface area (Å²) in [5.74, 6) is 0.414. The first kappa shape index (κ1) is 29.0. The normalized spacial score (nSPS) is 16.1. The van der Waals surface area contributed by atoms with Gasteiger partial charge >= 0.3 is 6.18 Å². The summed E-state index contributed by atoms with van der Waals surface area (Å²) < 4.78 is 38.6. The van der Waals surface area contributed by atoms with Crippen LogP contribution in [0.1, 0.15) is 50.7 Å². The lowest BCUT2D eigenvalue weighted by atomic mass is 10.1. The van der Waals surface area contributed by atoms with E-state index < -0.39 is 11.7 Å². The topological polar surface area (TPSA) is 78.4 Å². The Labute approximate surface area is 224 Å². The standard InChI is InChI=1S/C25H31ClF3N5O2S/c1-3-4-5-9-23(36)34-11-10-33(15-17(34)2)21-13-20(26)31-24(32-21)37-16-22(35)30-14-18-7-6-8-19(12-18)25(27,28)29/h6-8,12-13,17H,3-5,9-11,14-16H2,1-2H3,(H,30,35). The van der Waals surface area contributed by atoms with Gasteiger partial charge in [0.05, 0.1) is 11.3 Å². The van der Waals surface area contributed by atoms with Crippen molar-refractivity contribution in [1.82, 2.24) is 20.2 Å². The summed E-state index contributed by atoms with van der Waals surface area (Å²) in [6.07, 6.45) is -0.857. The van der Waals surface area contributed by atoms with Crippen molar-refractivity contribution in [2.75, 3.05) is 30.3 Å². The maximum atomic E-state index is 12.9. The fraction of sp³-hybridized carbons (Fsp3) is 0.520. The second kappa shape index (κ2) is 13.3. The van der Waals surface area contributed by atoms with Crippen molar-refractivity contribution in [3.63, 3.8) is 0 Å². The fourth-order valence-corrected chi connectivity index (χ4v) is 4.97. The molecule has 0 radical (unpaired) electrons. The molecule has 0 bridgehead atoms. The Morgan fingerprint density at radius 3 is 2.68 bits per heavy atom. The van der Waals surface area contributed by atoms with Crippen LogP contribution in [0.25, 0.3) is 0 Å². The van der Waals surface area contributed by atoms with Crippen molar-refractivity contribution in [3.8, 4) is 0 Å². The molecular weight excluding hydrogens is 527 g/mol. The zero-order valence-corrected chi connectivity index (χ0v) is 22.4. The molecule has 1 saturated heterocycles. The van der Waals surface area contributed by atoms with Gasteiger partial charge in [-0.15, -0.1) is 0 Å². The smallest absolute Gasteiger partial charge is 0.353 e. The number of piperazine rings is 1. The van der Waals surface area contributed by atoms with E-state index in [0.717, 1.165) is 43.2 Å². The summed E-state index contributed by atoms with van der Waals surface area (Å²) in [5, 5.41) is 3.18. The molecule has 1 unspecified atom stereocenters. The number of amides is 2. The Bertz CT molecular complexity index is 1090. The number of halogens is 4. The zero-order chi connectivity index (χ0) is 27.0. The number of carbonyl (C=O) groups excluding carboxylic acids is 2. The number of anilines is 1. The monoisotopic (exact) mass is 557 g/mol. The molecule has 1 N–H and O–H groups in total. The number of thioether (sulfide) groups is 1. The van der Waals surface area contributed by atoms with Crippen LogP contribution in [0.15, 0.2) is 35.5 Å². The number of carbonyl (C=O) groups is 2. The van der Waals surface area contributed by atoms with Gasteiger partial charge in [-0.2, -0.15) is 13.2 Å². The first-order valence-corrected chi connectivity index (χ1v) is 13.6. The first-order valence-electron chi connectivity index (χ1n) is 12.2. The van der Waals surface area contributed by atoms with Gasteiger partial charge in [-0.25, -0.2) is 9.97 Å². The minimum atomic E-state index is -4.44. The highest BCUT2D eigenvalue weighted by molar-refractivity contribution is 7.99. The third-order valence-corrected chi connectivity index (χ3v) is 7.04. The number of aromatic nitrogens is 2. The predicted octanol–water partition coefficient (Wildman–Crippen LogP) is 5.17. The van der Waals surface area contributed by atoms with Crippen LogP contribution in [-0.2, 0) is 22.3 Å². The van der Waals surface area contributed by atoms with E-state index in [4.69, 9.17) is 11.6 Å². The Kier molecular flexibility index (Phi) is 10.5. The molecule has 1 atom stereocenters. The molecule has 7 nitrogen and oxygen atoms in total. The van der Waals surface area contributed by atoms with E-state index in [1.165, 1.54) is 12.1 Å². The van der Waals surface area contributed by atoms with E-state index in [1.807, 2.05) is 16.7 Å². The number of rotatable bonds is 10. The maximum absolute atomic E-state index is 12.9. The molecule has 1 aromatic heterocycles. The summed E-state index contributed by atoms with van der Waals surface area (Å²) in [6.45, 7) is 5.90. The number of nitrogens with zero attached hydrogens (tertiary/aromatic N) is 4. The van der Waals surface area contributed by atoms with Gasteiger partial charge in [-0.05, 0) is 31.0 Å². The third kappa shape index (κ3) is 8.77. The van der Waals surface area contributed by atoms with Gasteiger partial charge in [0.2, 0.25) is 11.8 Å². The van der Waals surface area contributed by atoms with Crippen LogP contribution in [0.3, 0.4) is 0 Å². The fourth-order valence-electron chi connectivity index (χ4n) is 4.06. The molecule has 0 spiro atoms. The summed E-state index contributed by atoms with van der Waals surface area (Å²) in [7, 11) is 0. The molecule has 1 fully saturated rings. The summed E-state index contributed by atoms with van der Waals surface area (Å²) in [6, 6.07) is 6.51. The van der Waals surface area contributed by atoms with E-state index in [-0.39, 0.29) is 35.3 Å². The van der Waals surface area contributed by atoms with Crippen LogP contribution in [0, 0.1) is 0 Å². The van der Waals surface area contributed by atoms with Gasteiger partial charge in [0.1, 0.15) is 11.0 Å². The van der Waals surface area contributed by atoms with Gasteiger partial charge in [0.15, 0.2) is 5.16 Å². The second-order valence-electron chi connectivity index (χ2n) is 8.93. The first-order chi connectivity index (χ1) is 17.6. The Hall–Kier alpha value is -2.53. The Morgan fingerprint density at radius 1 is 1.19 bits per heavy atom. The summed E-state index contributed by atoms with van der Waals surface area (Å²) in [4.78, 5) is 37.5. The average Bonchev–Trinajstić information content (AvgIpc) is 2.85. The van der Waals surface area contributed by atoms with Crippen LogP contribution >= 0.6 is 23.4 Å². The molecule has 0 saturated carbocycles. The Morgan fingerprint density at radius 2 is 1.97 bits per heavy atom. The van der Waals surface area contributed by atoms with Crippen molar-refractivity contribution in [2.45, 2.75) is 63.5 Å². The number of benzene rings is 1. The molecule has 2 amide bonds. The minimum absolute atomic E-state index is 0.0187. The van der Waals surface area contributed by atoms with E-state index in [9.17, 15) is 22.8 Å². The van der Waals surface area contributed by atoms with Crippen LogP contribution in [-0.4, -0.2) is 58.1 Å². The summed E-state index contributed by atoms with van der Waals surface area (Å²) in [5.41, 5.74) is -0.406. The molecule has 0 aliphatic carbocycles. The molecule has 1 aromatic carbocycles. The number of hydrogen-bond acceptors (Lipinski definition) is 6. The van der Waals surface area contributed by atoms with Crippen LogP contribution in [0.4, 0.5) is 19.0 Å². The molecular formula is C25H31ClF3N5O2S. The zero-order valence-electron chi connectivity index (χ0n) is 20.9. The molecule has 1 aliphatic rings. The third-order valence-electron chi connectivity index (χ3n) is 6.00. The molecule has 2 aromatic rings. The Balaban J connectivity index is 1.53. The minimum Gasteiger partial charge on any atom is -0.353 e. The predicted molar refractivity (Wildman–Crippen MR) is 139 cm³/mol. The van der Waals surface area contributed by atoms with E-state index in [0.29, 0.717) is 42.6 Å². The molecule has 1 aliphatic heterocycles. The second-order valence-corrected chi connectivity index (χ2v) is 10.3. The van der Waals surface area contributed by atoms with Crippen molar-refractivity contribution < 1.29 is 22.8 Å². The SMILES string of the molecule is CCCCCC(=O)N1CCN(c2cc(Cl)nc(SCC(=O)NCc3cccc(C(F)(F)F)c3)n2)CC1C. The number of unbranched alkanes of at least 4 members (excludes halogenated alkanes) is 2. The molecule has 2 heterocycles. The molecule has 3 rings (SSSR count). The van der Waals surface area contributed by atoms with Gasteiger partial charge < -0.3 is 15.1 Å². The van der Waals surface area contributed by atoms with Crippen LogP contribution in [0.2, 0.25) is 5.15 Å². The van der Waals surface area contributed by atoms with E-state index in [2.05, 4.69) is 22.2 Å². The van der Waals surface area contributed by atoms with Gasteiger partial charge in [0, 0.05) is 44.7 Å². The van der Waals surface area contributed by atoms with Crippen molar-refractivity contribution in [3.05, 3.63) is 46.6 Å². The van der Waals surface area contributed by atoms with Crippen molar-refractivity contribution in [2.24, 2.45) is 0 Å². The van der Waals surface area contributed by atoms with Gasteiger partial charge in [-0.1, -0.05) is 55.3 Å². The quantitative estimate of drug-likeness (QED) is 0.188. The largest absolute Gasteiger partial charge is 0.416 e. The lowest BCUT2D eigenvalue weighted by Gasteiger charge is -2.40. The van der Waals surface area contributed by atoms with Crippen molar-refractivity contribution in [1.29, 1.82) is 0 Å². The highest BCUT2D eigenvalue weighted by atomic mass is 35.5. The number of alkyl halides is 3. The summed E-state index contributed by atoms with van der Waals surface area (Å²) >= 11 is 7.31. The van der Waals surface area contributed by atoms with E-state index >= 15 is 0 Å². The molecule has 37 heavy (non-hydrogen) atoms. The lowest BCUT2D eigenvalue weighted by molar-refractivity contribution is -0.137. The average molecular weight is 558 g/mol. The number of nitrogens with one attached hydrogen (secondary N) is 1. The molecule has 202 valence electrons. The van der Waals surface area contributed by atoms with Gasteiger partial charge in [-0.3, -0.25) is 9.59 Å². The van der Waals surface area contributed by atoms with E-state index in [1.54, 1.807) is 6.07 Å². The highest BCUT2D eigenvalue weighted by Crippen LogP contribution is 2.29. The van der Waals surface area contributed by atoms with Gasteiger partial charge in [0.25, 0.3) is 0 Å². The maximum Gasteiger partial charge on any atom is 0.416 e. The van der Waals surface area contributed by atoms with Crippen LogP contribution in [0.5, 0.6) is 0 Å². The number of hydrogen-bond donors (Lipinski definition) is 1. The van der Waals surface area contributed by atoms with Crippen LogP contribution < -0.4 is 10.2 Å². The van der Waals surface area contributed by atoms with Crippen molar-refractivity contribution >= 4 is 41.0 Å². The highest BCUT2D eigenvalue weighted by Gasteiger charge is 2.30. The lowest BCUT2D eigenvalue weighted by Crippen LogP contribution is -2.54. The molecule has 12 heteroatoms.